The Morgan fingerprint density at radius 1 is 0.911 bits per heavy atom. The lowest BCUT2D eigenvalue weighted by Gasteiger charge is -2.31. The van der Waals surface area contributed by atoms with Crippen molar-refractivity contribution in [2.24, 2.45) is 0 Å². The van der Waals surface area contributed by atoms with Crippen LogP contribution in [0.25, 0.3) is 0 Å². The molecule has 8 nitrogen and oxygen atoms in total. The highest BCUT2D eigenvalue weighted by Crippen LogP contribution is 2.33. The standard InChI is InChI=1S/C33H31F3N4O4S/c1-45(43,44)40(27-15-6-3-7-16-27)29-18-9-8-17-28(29)32(42)39(23-37)30(20-24-11-4-2-5-12-24)31(41)22-38-21-25-13-10-14-26(19-25)33(34,35)36/h2-19,30-31,38,41H,20-22H2,1H3/t30-,31+/m0/s1. The zero-order valence-corrected chi connectivity index (χ0v) is 25.0. The van der Waals surface area contributed by atoms with Gasteiger partial charge in [0.05, 0.1) is 40.9 Å². The molecular weight excluding hydrogens is 605 g/mol. The Morgan fingerprint density at radius 3 is 2.13 bits per heavy atom. The molecule has 0 aromatic heterocycles. The van der Waals surface area contributed by atoms with Gasteiger partial charge in [-0.1, -0.05) is 78.9 Å². The smallest absolute Gasteiger partial charge is 0.390 e. The van der Waals surface area contributed by atoms with Crippen LogP contribution in [-0.4, -0.2) is 49.3 Å². The highest BCUT2D eigenvalue weighted by Gasteiger charge is 2.34. The molecular formula is C33H31F3N4O4S. The Balaban J connectivity index is 1.65. The summed E-state index contributed by atoms with van der Waals surface area (Å²) < 4.78 is 66.4. The Kier molecular flexibility index (Phi) is 10.6. The van der Waals surface area contributed by atoms with Crippen LogP contribution in [0.1, 0.15) is 27.0 Å². The molecule has 0 aliphatic heterocycles. The molecule has 2 atom stereocenters. The maximum Gasteiger partial charge on any atom is 0.416 e. The van der Waals surface area contributed by atoms with E-state index in [0.29, 0.717) is 11.1 Å². The van der Waals surface area contributed by atoms with E-state index in [0.717, 1.165) is 27.6 Å². The molecule has 4 aromatic rings. The van der Waals surface area contributed by atoms with Gasteiger partial charge in [-0.3, -0.25) is 4.79 Å². The van der Waals surface area contributed by atoms with Crippen molar-refractivity contribution >= 4 is 27.3 Å². The van der Waals surface area contributed by atoms with Crippen molar-refractivity contribution in [1.82, 2.24) is 10.2 Å². The number of aliphatic hydroxyl groups is 1. The summed E-state index contributed by atoms with van der Waals surface area (Å²) in [5.41, 5.74) is 0.456. The van der Waals surface area contributed by atoms with Crippen molar-refractivity contribution in [3.8, 4) is 6.19 Å². The first kappa shape index (κ1) is 33.2. The van der Waals surface area contributed by atoms with Gasteiger partial charge in [0.1, 0.15) is 0 Å². The summed E-state index contributed by atoms with van der Waals surface area (Å²) in [6, 6.07) is 26.6. The molecule has 1 amide bonds. The summed E-state index contributed by atoms with van der Waals surface area (Å²) in [5.74, 6) is -0.837. The third-order valence-corrected chi connectivity index (χ3v) is 8.07. The fraction of sp³-hybridized carbons (Fsp3) is 0.212. The molecule has 12 heteroatoms. The van der Waals surface area contributed by atoms with Crippen molar-refractivity contribution < 1.29 is 31.5 Å². The van der Waals surface area contributed by atoms with E-state index in [4.69, 9.17) is 0 Å². The van der Waals surface area contributed by atoms with Gasteiger partial charge in [-0.2, -0.15) is 18.4 Å². The van der Waals surface area contributed by atoms with Crippen molar-refractivity contribution in [3.05, 3.63) is 131 Å². The van der Waals surface area contributed by atoms with Gasteiger partial charge in [0.25, 0.3) is 5.91 Å². The second-order valence-electron chi connectivity index (χ2n) is 10.3. The lowest BCUT2D eigenvalue weighted by molar-refractivity contribution is -0.137. The van der Waals surface area contributed by atoms with Gasteiger partial charge in [0.15, 0.2) is 6.19 Å². The van der Waals surface area contributed by atoms with Gasteiger partial charge < -0.3 is 10.4 Å². The van der Waals surface area contributed by atoms with E-state index in [1.807, 2.05) is 6.19 Å². The number of anilines is 2. The lowest BCUT2D eigenvalue weighted by atomic mass is 9.98. The van der Waals surface area contributed by atoms with E-state index in [2.05, 4.69) is 5.32 Å². The lowest BCUT2D eigenvalue weighted by Crippen LogP contribution is -2.49. The molecule has 0 heterocycles. The number of nitrogens with one attached hydrogen (secondary N) is 1. The highest BCUT2D eigenvalue weighted by molar-refractivity contribution is 7.92. The molecule has 0 saturated carbocycles. The molecule has 2 N–H and O–H groups in total. The normalized spacial score (nSPS) is 13.0. The van der Waals surface area contributed by atoms with Crippen LogP contribution in [0.15, 0.2) is 109 Å². The number of carbonyl (C=O) groups is 1. The summed E-state index contributed by atoms with van der Waals surface area (Å²) in [4.78, 5) is 14.9. The van der Waals surface area contributed by atoms with Crippen LogP contribution >= 0.6 is 0 Å². The fourth-order valence-electron chi connectivity index (χ4n) is 4.92. The average Bonchev–Trinajstić information content (AvgIpc) is 3.01. The number of benzene rings is 4. The Morgan fingerprint density at radius 2 is 1.51 bits per heavy atom. The maximum atomic E-state index is 14.1. The number of alkyl halides is 3. The SMILES string of the molecule is CS(=O)(=O)N(c1ccccc1)c1ccccc1C(=O)N(C#N)[C@@H](Cc1ccccc1)[C@H](O)CNCc1cccc(C(F)(F)F)c1. The number of aliphatic hydroxyl groups excluding tert-OH is 1. The number of nitriles is 1. The minimum atomic E-state index is -4.51. The molecule has 4 rings (SSSR count). The molecule has 0 radical (unpaired) electrons. The molecule has 4 aromatic carbocycles. The van der Waals surface area contributed by atoms with Gasteiger partial charge in [-0.25, -0.2) is 17.6 Å². The zero-order valence-electron chi connectivity index (χ0n) is 24.2. The number of sulfonamides is 1. The van der Waals surface area contributed by atoms with Crippen LogP contribution < -0.4 is 9.62 Å². The molecule has 0 bridgehead atoms. The van der Waals surface area contributed by atoms with Gasteiger partial charge in [-0.15, -0.1) is 0 Å². The first-order valence-corrected chi connectivity index (χ1v) is 15.7. The summed E-state index contributed by atoms with van der Waals surface area (Å²) in [6.45, 7) is -0.177. The summed E-state index contributed by atoms with van der Waals surface area (Å²) >= 11 is 0. The molecule has 0 spiro atoms. The van der Waals surface area contributed by atoms with Gasteiger partial charge in [-0.05, 0) is 47.9 Å². The highest BCUT2D eigenvalue weighted by atomic mass is 32.2. The Bertz CT molecular complexity index is 1750. The van der Waals surface area contributed by atoms with Crippen molar-refractivity contribution in [2.45, 2.75) is 31.3 Å². The Labute approximate surface area is 260 Å². The molecule has 234 valence electrons. The summed E-state index contributed by atoms with van der Waals surface area (Å²) in [6.07, 6.45) is -2.91. The van der Waals surface area contributed by atoms with E-state index in [-0.39, 0.29) is 36.4 Å². The molecule has 0 saturated heterocycles. The molecule has 0 unspecified atom stereocenters. The number of carbonyl (C=O) groups excluding carboxylic acids is 1. The third kappa shape index (κ3) is 8.48. The van der Waals surface area contributed by atoms with E-state index >= 15 is 0 Å². The van der Waals surface area contributed by atoms with E-state index in [9.17, 15) is 36.8 Å². The minimum Gasteiger partial charge on any atom is -0.390 e. The minimum absolute atomic E-state index is 0.0111. The number of amides is 1. The second-order valence-corrected chi connectivity index (χ2v) is 12.1. The average molecular weight is 637 g/mol. The number of rotatable bonds is 12. The first-order chi connectivity index (χ1) is 21.4. The van der Waals surface area contributed by atoms with Crippen LogP contribution in [0.2, 0.25) is 0 Å². The van der Waals surface area contributed by atoms with E-state index in [1.54, 1.807) is 66.7 Å². The third-order valence-electron chi connectivity index (χ3n) is 7.00. The first-order valence-electron chi connectivity index (χ1n) is 13.9. The largest absolute Gasteiger partial charge is 0.416 e. The van der Waals surface area contributed by atoms with Crippen LogP contribution in [0.3, 0.4) is 0 Å². The number of hydrogen-bond donors (Lipinski definition) is 2. The van der Waals surface area contributed by atoms with Gasteiger partial charge in [0.2, 0.25) is 10.0 Å². The fourth-order valence-corrected chi connectivity index (χ4v) is 5.94. The van der Waals surface area contributed by atoms with Crippen molar-refractivity contribution in [3.63, 3.8) is 0 Å². The van der Waals surface area contributed by atoms with Crippen LogP contribution in [0.5, 0.6) is 0 Å². The van der Waals surface area contributed by atoms with Crippen LogP contribution in [-0.2, 0) is 29.2 Å². The predicted octanol–water partition coefficient (Wildman–Crippen LogP) is 5.49. The summed E-state index contributed by atoms with van der Waals surface area (Å²) in [5, 5.41) is 24.5. The van der Waals surface area contributed by atoms with Crippen molar-refractivity contribution in [2.75, 3.05) is 17.1 Å². The van der Waals surface area contributed by atoms with Crippen molar-refractivity contribution in [1.29, 1.82) is 5.26 Å². The molecule has 0 aliphatic carbocycles. The number of hydrogen-bond acceptors (Lipinski definition) is 6. The predicted molar refractivity (Wildman–Crippen MR) is 165 cm³/mol. The molecule has 45 heavy (non-hydrogen) atoms. The second kappa shape index (κ2) is 14.4. The molecule has 0 aliphatic rings. The van der Waals surface area contributed by atoms with Crippen LogP contribution in [0, 0.1) is 11.5 Å². The van der Waals surface area contributed by atoms with E-state index < -0.39 is 39.8 Å². The quantitative estimate of drug-likeness (QED) is 0.157. The van der Waals surface area contributed by atoms with Gasteiger partial charge in [0, 0.05) is 13.1 Å². The number of halogens is 3. The van der Waals surface area contributed by atoms with E-state index in [1.165, 1.54) is 30.3 Å². The maximum absolute atomic E-state index is 14.1. The monoisotopic (exact) mass is 636 g/mol. The summed E-state index contributed by atoms with van der Waals surface area (Å²) in [7, 11) is -3.95. The number of para-hydroxylation sites is 2. The number of nitrogens with zero attached hydrogens (tertiary/aromatic N) is 3. The Hall–Kier alpha value is -4.70. The van der Waals surface area contributed by atoms with Crippen LogP contribution in [0.4, 0.5) is 24.5 Å². The molecule has 0 fully saturated rings. The topological polar surface area (TPSA) is 114 Å². The zero-order chi connectivity index (χ0) is 32.6. The van der Waals surface area contributed by atoms with Gasteiger partial charge >= 0.3 is 6.18 Å².